The van der Waals surface area contributed by atoms with Gasteiger partial charge in [-0.05, 0) is 24.6 Å². The summed E-state index contributed by atoms with van der Waals surface area (Å²) < 4.78 is 26.7. The first-order valence-electron chi connectivity index (χ1n) is 6.15. The highest BCUT2D eigenvalue weighted by atomic mass is 32.2. The fourth-order valence-corrected chi connectivity index (χ4v) is 3.39. The van der Waals surface area contributed by atoms with Gasteiger partial charge in [0.2, 0.25) is 0 Å². The quantitative estimate of drug-likeness (QED) is 0.938. The van der Waals surface area contributed by atoms with Crippen molar-refractivity contribution in [3.8, 4) is 0 Å². The maximum atomic E-state index is 12.7. The minimum Gasteiger partial charge on any atom is -0.387 e. The standard InChI is InChI=1S/C14H17N3O2S/c1-11-6-4-5-7-13(11)17(3)20(18,19)14-10-16-9-8-12(14)15-2/h4-10H,1-3H3,(H,15,16). The van der Waals surface area contributed by atoms with Gasteiger partial charge in [0.15, 0.2) is 0 Å². The number of rotatable bonds is 4. The number of aryl methyl sites for hydroxylation is 1. The van der Waals surface area contributed by atoms with E-state index in [0.717, 1.165) is 5.56 Å². The molecule has 2 aromatic rings. The second kappa shape index (κ2) is 5.50. The minimum atomic E-state index is -3.65. The highest BCUT2D eigenvalue weighted by Crippen LogP contribution is 2.28. The average molecular weight is 291 g/mol. The molecular weight excluding hydrogens is 274 g/mol. The Morgan fingerprint density at radius 1 is 1.20 bits per heavy atom. The Labute approximate surface area is 119 Å². The smallest absolute Gasteiger partial charge is 0.267 e. The molecule has 1 N–H and O–H groups in total. The molecule has 20 heavy (non-hydrogen) atoms. The molecule has 0 saturated heterocycles. The number of hydrogen-bond donors (Lipinski definition) is 1. The van der Waals surface area contributed by atoms with Crippen LogP contribution in [0.1, 0.15) is 5.56 Å². The molecule has 0 unspecified atom stereocenters. The van der Waals surface area contributed by atoms with Crippen molar-refractivity contribution >= 4 is 21.4 Å². The molecule has 0 aliphatic carbocycles. The molecule has 0 amide bonds. The predicted octanol–water partition coefficient (Wildman–Crippen LogP) is 2.26. The van der Waals surface area contributed by atoms with Gasteiger partial charge in [0.1, 0.15) is 4.90 Å². The van der Waals surface area contributed by atoms with Gasteiger partial charge in [0, 0.05) is 26.5 Å². The topological polar surface area (TPSA) is 62.3 Å². The lowest BCUT2D eigenvalue weighted by Gasteiger charge is -2.22. The number of anilines is 2. The second-order valence-corrected chi connectivity index (χ2v) is 6.32. The summed E-state index contributed by atoms with van der Waals surface area (Å²) in [6.07, 6.45) is 2.91. The second-order valence-electron chi connectivity index (χ2n) is 4.38. The van der Waals surface area contributed by atoms with Crippen molar-refractivity contribution in [2.45, 2.75) is 11.8 Å². The molecule has 106 valence electrons. The third-order valence-electron chi connectivity index (χ3n) is 3.15. The number of sulfonamides is 1. The summed E-state index contributed by atoms with van der Waals surface area (Å²) in [4.78, 5) is 4.07. The van der Waals surface area contributed by atoms with Gasteiger partial charge < -0.3 is 5.32 Å². The van der Waals surface area contributed by atoms with E-state index in [2.05, 4.69) is 10.3 Å². The van der Waals surface area contributed by atoms with Gasteiger partial charge in [-0.15, -0.1) is 0 Å². The van der Waals surface area contributed by atoms with E-state index in [1.54, 1.807) is 32.4 Å². The van der Waals surface area contributed by atoms with E-state index in [9.17, 15) is 8.42 Å². The monoisotopic (exact) mass is 291 g/mol. The Morgan fingerprint density at radius 2 is 1.90 bits per heavy atom. The van der Waals surface area contributed by atoms with Crippen LogP contribution in [-0.4, -0.2) is 27.5 Å². The zero-order valence-electron chi connectivity index (χ0n) is 11.7. The van der Waals surface area contributed by atoms with E-state index in [1.165, 1.54) is 10.5 Å². The zero-order chi connectivity index (χ0) is 14.8. The van der Waals surface area contributed by atoms with Gasteiger partial charge in [0.05, 0.1) is 11.4 Å². The summed E-state index contributed by atoms with van der Waals surface area (Å²) in [6.45, 7) is 1.88. The van der Waals surface area contributed by atoms with Crippen LogP contribution in [0.4, 0.5) is 11.4 Å². The molecule has 0 spiro atoms. The van der Waals surface area contributed by atoms with Gasteiger partial charge in [-0.25, -0.2) is 8.42 Å². The Bertz CT molecular complexity index is 714. The van der Waals surface area contributed by atoms with Gasteiger partial charge >= 0.3 is 0 Å². The van der Waals surface area contributed by atoms with Gasteiger partial charge in [0.25, 0.3) is 10.0 Å². The molecule has 6 heteroatoms. The van der Waals surface area contributed by atoms with E-state index in [1.807, 2.05) is 25.1 Å². The molecule has 1 aromatic carbocycles. The summed E-state index contributed by atoms with van der Waals surface area (Å²) in [5.74, 6) is 0. The number of aromatic nitrogens is 1. The van der Waals surface area contributed by atoms with Crippen LogP contribution in [-0.2, 0) is 10.0 Å². The Balaban J connectivity index is 2.53. The SMILES string of the molecule is CNc1ccncc1S(=O)(=O)N(C)c1ccccc1C. The third kappa shape index (κ3) is 2.46. The van der Waals surface area contributed by atoms with Crippen LogP contribution in [0.2, 0.25) is 0 Å². The van der Waals surface area contributed by atoms with Crippen molar-refractivity contribution in [1.29, 1.82) is 0 Å². The molecule has 0 bridgehead atoms. The highest BCUT2D eigenvalue weighted by Gasteiger charge is 2.25. The normalized spacial score (nSPS) is 11.2. The van der Waals surface area contributed by atoms with Crippen LogP contribution in [0.25, 0.3) is 0 Å². The van der Waals surface area contributed by atoms with Crippen molar-refractivity contribution in [3.63, 3.8) is 0 Å². The Kier molecular flexibility index (Phi) is 3.94. The van der Waals surface area contributed by atoms with Gasteiger partial charge in [-0.2, -0.15) is 0 Å². The first-order chi connectivity index (χ1) is 9.48. The minimum absolute atomic E-state index is 0.160. The summed E-state index contributed by atoms with van der Waals surface area (Å²) in [5.41, 5.74) is 2.08. The molecule has 0 fully saturated rings. The summed E-state index contributed by atoms with van der Waals surface area (Å²) in [6, 6.07) is 8.99. The molecule has 0 aliphatic heterocycles. The number of pyridine rings is 1. The van der Waals surface area contributed by atoms with Crippen LogP contribution in [0.5, 0.6) is 0 Å². The summed E-state index contributed by atoms with van der Waals surface area (Å²) in [5, 5.41) is 2.88. The number of nitrogens with one attached hydrogen (secondary N) is 1. The molecule has 5 nitrogen and oxygen atoms in total. The van der Waals surface area contributed by atoms with Crippen molar-refractivity contribution < 1.29 is 8.42 Å². The zero-order valence-corrected chi connectivity index (χ0v) is 12.5. The van der Waals surface area contributed by atoms with Crippen molar-refractivity contribution in [3.05, 3.63) is 48.3 Å². The van der Waals surface area contributed by atoms with E-state index < -0.39 is 10.0 Å². The number of hydrogen-bond acceptors (Lipinski definition) is 4. The first kappa shape index (κ1) is 14.3. The predicted molar refractivity (Wildman–Crippen MR) is 80.6 cm³/mol. The molecule has 1 heterocycles. The lowest BCUT2D eigenvalue weighted by molar-refractivity contribution is 0.594. The van der Waals surface area contributed by atoms with Crippen LogP contribution in [0.3, 0.4) is 0 Å². The molecule has 2 rings (SSSR count). The fourth-order valence-electron chi connectivity index (χ4n) is 1.99. The number of para-hydroxylation sites is 1. The van der Waals surface area contributed by atoms with Gasteiger partial charge in [-0.1, -0.05) is 18.2 Å². The van der Waals surface area contributed by atoms with Crippen molar-refractivity contribution in [2.75, 3.05) is 23.7 Å². The first-order valence-corrected chi connectivity index (χ1v) is 7.59. The van der Waals surface area contributed by atoms with E-state index >= 15 is 0 Å². The van der Waals surface area contributed by atoms with Crippen LogP contribution in [0.15, 0.2) is 47.6 Å². The summed E-state index contributed by atoms with van der Waals surface area (Å²) in [7, 11) is -0.421. The van der Waals surface area contributed by atoms with Gasteiger partial charge in [-0.3, -0.25) is 9.29 Å². The van der Waals surface area contributed by atoms with Crippen LogP contribution in [0, 0.1) is 6.92 Å². The molecule has 0 aliphatic rings. The maximum absolute atomic E-state index is 12.7. The molecule has 0 atom stereocenters. The van der Waals surface area contributed by atoms with E-state index in [0.29, 0.717) is 11.4 Å². The third-order valence-corrected chi connectivity index (χ3v) is 4.95. The molecule has 1 aromatic heterocycles. The fraction of sp³-hybridized carbons (Fsp3) is 0.214. The van der Waals surface area contributed by atoms with Crippen molar-refractivity contribution in [1.82, 2.24) is 4.98 Å². The van der Waals surface area contributed by atoms with Crippen LogP contribution < -0.4 is 9.62 Å². The lowest BCUT2D eigenvalue weighted by Crippen LogP contribution is -2.28. The molecular formula is C14H17N3O2S. The maximum Gasteiger partial charge on any atom is 0.267 e. The van der Waals surface area contributed by atoms with E-state index in [-0.39, 0.29) is 4.90 Å². The number of benzene rings is 1. The molecule has 0 saturated carbocycles. The van der Waals surface area contributed by atoms with E-state index in [4.69, 9.17) is 0 Å². The van der Waals surface area contributed by atoms with Crippen molar-refractivity contribution in [2.24, 2.45) is 0 Å². The average Bonchev–Trinajstić information content (AvgIpc) is 2.47. The largest absolute Gasteiger partial charge is 0.387 e. The Hall–Kier alpha value is -2.08. The summed E-state index contributed by atoms with van der Waals surface area (Å²) >= 11 is 0. The highest BCUT2D eigenvalue weighted by molar-refractivity contribution is 7.93. The van der Waals surface area contributed by atoms with Crippen LogP contribution >= 0.6 is 0 Å². The number of nitrogens with zero attached hydrogens (tertiary/aromatic N) is 2. The Morgan fingerprint density at radius 3 is 2.55 bits per heavy atom. The molecule has 0 radical (unpaired) electrons. The lowest BCUT2D eigenvalue weighted by atomic mass is 10.2.